The predicted octanol–water partition coefficient (Wildman–Crippen LogP) is 12.7. The summed E-state index contributed by atoms with van der Waals surface area (Å²) < 4.78 is 8.82. The molecule has 0 saturated heterocycles. The molecule has 0 radical (unpaired) electrons. The van der Waals surface area contributed by atoms with Crippen LogP contribution >= 0.6 is 0 Å². The lowest BCUT2D eigenvalue weighted by atomic mass is 10.1. The Morgan fingerprint density at radius 2 is 0.656 bits per heavy atom. The molecule has 7 aromatic heterocycles. The minimum absolute atomic E-state index is 0.470. The van der Waals surface area contributed by atoms with Crippen LogP contribution in [0, 0.1) is 0 Å². The van der Waals surface area contributed by atoms with Gasteiger partial charge in [0.2, 0.25) is 11.9 Å². The molecule has 0 unspecified atom stereocenters. The van der Waals surface area contributed by atoms with Crippen LogP contribution in [-0.4, -0.2) is 43.2 Å². The van der Waals surface area contributed by atoms with E-state index in [9.17, 15) is 0 Å². The highest BCUT2D eigenvalue weighted by Crippen LogP contribution is 2.38. The quantitative estimate of drug-likeness (QED) is 0.173. The molecule has 0 aliphatic carbocycles. The van der Waals surface area contributed by atoms with E-state index >= 15 is 0 Å². The van der Waals surface area contributed by atoms with Crippen molar-refractivity contribution in [2.45, 2.75) is 0 Å². The monoisotopic (exact) mass is 819 g/mol. The Kier molecular flexibility index (Phi) is 7.20. The molecule has 0 aliphatic heterocycles. The Hall–Kier alpha value is -8.95. The highest BCUT2D eigenvalue weighted by molar-refractivity contribution is 6.13. The molecule has 64 heavy (non-hydrogen) atoms. The maximum atomic E-state index is 5.25. The fourth-order valence-corrected chi connectivity index (χ4v) is 10.0. The summed E-state index contributed by atoms with van der Waals surface area (Å²) in [4.78, 5) is 25.5. The van der Waals surface area contributed by atoms with E-state index < -0.39 is 0 Å². The third kappa shape index (κ3) is 4.91. The van der Waals surface area contributed by atoms with E-state index in [2.05, 4.69) is 173 Å². The second-order valence-electron chi connectivity index (χ2n) is 16.2. The Bertz CT molecular complexity index is 3920. The number of rotatable bonds is 5. The molecular weight excluding hydrogens is 787 g/mol. The summed E-state index contributed by atoms with van der Waals surface area (Å²) in [7, 11) is 0. The van der Waals surface area contributed by atoms with Crippen molar-refractivity contribution < 1.29 is 0 Å². The normalized spacial score (nSPS) is 12.1. The van der Waals surface area contributed by atoms with Crippen molar-refractivity contribution in [1.29, 1.82) is 0 Å². The summed E-state index contributed by atoms with van der Waals surface area (Å²) in [5.74, 6) is 1.47. The van der Waals surface area contributed by atoms with Crippen molar-refractivity contribution in [3.63, 3.8) is 0 Å². The highest BCUT2D eigenvalue weighted by atomic mass is 15.3. The van der Waals surface area contributed by atoms with Crippen molar-refractivity contribution >= 4 is 87.5 Å². The van der Waals surface area contributed by atoms with Crippen LogP contribution in [0.2, 0.25) is 0 Å². The summed E-state index contributed by atoms with van der Waals surface area (Å²) in [6, 6.07) is 66.1. The van der Waals surface area contributed by atoms with Crippen molar-refractivity contribution in [2.75, 3.05) is 0 Å². The zero-order valence-electron chi connectivity index (χ0n) is 34.1. The minimum Gasteiger partial charge on any atom is -0.309 e. The van der Waals surface area contributed by atoms with Crippen molar-refractivity contribution in [3.8, 4) is 34.7 Å². The predicted molar refractivity (Wildman–Crippen MR) is 258 cm³/mol. The van der Waals surface area contributed by atoms with Gasteiger partial charge in [0.05, 0.1) is 33.1 Å². The van der Waals surface area contributed by atoms with Gasteiger partial charge in [-0.05, 0) is 97.1 Å². The smallest absolute Gasteiger partial charge is 0.241 e. The molecule has 7 aromatic carbocycles. The maximum absolute atomic E-state index is 5.25. The third-order valence-corrected chi connectivity index (χ3v) is 12.8. The summed E-state index contributed by atoms with van der Waals surface area (Å²) in [6.07, 6.45) is 3.63. The maximum Gasteiger partial charge on any atom is 0.241 e. The fourth-order valence-electron chi connectivity index (χ4n) is 10.0. The first-order valence-corrected chi connectivity index (χ1v) is 21.3. The lowest BCUT2D eigenvalue weighted by Crippen LogP contribution is -2.11. The molecule has 0 spiro atoms. The second-order valence-corrected chi connectivity index (χ2v) is 16.2. The third-order valence-electron chi connectivity index (χ3n) is 12.8. The molecule has 0 atom stereocenters. The SMILES string of the molecule is c1ccc2c(c1)c1ccccc1n2-c1ccc2c(c1)c1ccccc1n2-c1ccc(-c2nc(-n3c4ccccc4c4cccnc43)nc(-n3c4ccccc4c4cccnc43)n2)cc1. The number of benzene rings is 7. The van der Waals surface area contributed by atoms with Gasteiger partial charge in [-0.15, -0.1) is 0 Å². The van der Waals surface area contributed by atoms with Crippen molar-refractivity contribution in [2.24, 2.45) is 0 Å². The first kappa shape index (κ1) is 34.7. The van der Waals surface area contributed by atoms with Crippen LogP contribution < -0.4 is 0 Å². The van der Waals surface area contributed by atoms with E-state index in [0.29, 0.717) is 17.7 Å². The molecule has 0 amide bonds. The molecule has 0 saturated carbocycles. The van der Waals surface area contributed by atoms with E-state index in [1.165, 1.54) is 32.6 Å². The van der Waals surface area contributed by atoms with Crippen molar-refractivity contribution in [3.05, 3.63) is 200 Å². The molecule has 14 aromatic rings. The average Bonchev–Trinajstić information content (AvgIpc) is 4.09. The summed E-state index contributed by atoms with van der Waals surface area (Å²) in [5.41, 5.74) is 11.1. The molecule has 0 fully saturated rings. The van der Waals surface area contributed by atoms with Crippen LogP contribution in [0.15, 0.2) is 200 Å². The van der Waals surface area contributed by atoms with Gasteiger partial charge in [0.1, 0.15) is 11.3 Å². The van der Waals surface area contributed by atoms with Gasteiger partial charge in [-0.3, -0.25) is 9.13 Å². The van der Waals surface area contributed by atoms with E-state index in [1.54, 1.807) is 0 Å². The number of fused-ring (bicyclic) bond motifs is 12. The van der Waals surface area contributed by atoms with E-state index in [-0.39, 0.29) is 0 Å². The number of pyridine rings is 2. The van der Waals surface area contributed by atoms with Gasteiger partial charge in [0, 0.05) is 72.4 Å². The first-order chi connectivity index (χ1) is 31.8. The van der Waals surface area contributed by atoms with Crippen LogP contribution in [0.1, 0.15) is 0 Å². The number of nitrogens with zero attached hydrogens (tertiary/aromatic N) is 9. The Balaban J connectivity index is 0.958. The van der Waals surface area contributed by atoms with Gasteiger partial charge in [-0.25, -0.2) is 9.97 Å². The summed E-state index contributed by atoms with van der Waals surface area (Å²) in [6.45, 7) is 0. The molecule has 7 heterocycles. The molecule has 0 aliphatic rings. The molecule has 298 valence electrons. The topological polar surface area (TPSA) is 84.2 Å². The van der Waals surface area contributed by atoms with Gasteiger partial charge in [0.15, 0.2) is 5.82 Å². The molecule has 9 nitrogen and oxygen atoms in total. The van der Waals surface area contributed by atoms with Gasteiger partial charge in [-0.2, -0.15) is 15.0 Å². The zero-order valence-corrected chi connectivity index (χ0v) is 34.1. The van der Waals surface area contributed by atoms with Gasteiger partial charge < -0.3 is 9.13 Å². The fraction of sp³-hybridized carbons (Fsp3) is 0. The first-order valence-electron chi connectivity index (χ1n) is 21.3. The van der Waals surface area contributed by atoms with Gasteiger partial charge in [0.25, 0.3) is 0 Å². The summed E-state index contributed by atoms with van der Waals surface area (Å²) in [5, 5.41) is 9.07. The van der Waals surface area contributed by atoms with Crippen LogP contribution in [0.3, 0.4) is 0 Å². The van der Waals surface area contributed by atoms with Crippen molar-refractivity contribution in [1.82, 2.24) is 43.2 Å². The highest BCUT2D eigenvalue weighted by Gasteiger charge is 2.22. The largest absolute Gasteiger partial charge is 0.309 e. The van der Waals surface area contributed by atoms with E-state index in [4.69, 9.17) is 24.9 Å². The van der Waals surface area contributed by atoms with E-state index in [1.807, 2.05) is 45.8 Å². The number of hydrogen-bond donors (Lipinski definition) is 0. The molecule has 0 bridgehead atoms. The zero-order chi connectivity index (χ0) is 41.9. The summed E-state index contributed by atoms with van der Waals surface area (Å²) >= 11 is 0. The lowest BCUT2D eigenvalue weighted by molar-refractivity contribution is 0.884. The minimum atomic E-state index is 0.470. The van der Waals surface area contributed by atoms with Gasteiger partial charge in [-0.1, -0.05) is 91.0 Å². The second kappa shape index (κ2) is 13.3. The molecule has 0 N–H and O–H groups in total. The van der Waals surface area contributed by atoms with E-state index in [0.717, 1.165) is 71.8 Å². The number of aromatic nitrogens is 9. The number of hydrogen-bond acceptors (Lipinski definition) is 5. The average molecular weight is 820 g/mol. The Morgan fingerprint density at radius 3 is 1.16 bits per heavy atom. The Morgan fingerprint density at radius 1 is 0.281 bits per heavy atom. The van der Waals surface area contributed by atoms with Crippen LogP contribution in [0.4, 0.5) is 0 Å². The van der Waals surface area contributed by atoms with Crippen LogP contribution in [-0.2, 0) is 0 Å². The number of para-hydroxylation sites is 5. The Labute approximate surface area is 364 Å². The molecule has 14 rings (SSSR count). The standard InChI is InChI=1S/C55H33N9/c1-6-20-45-37(13-1)38-14-2-7-21-46(38)62(45)36-29-30-50-44(33-36)41-17-5-8-22-47(41)61(50)35-27-25-34(26-28-35)51-58-54(63-48-23-9-3-15-39(48)42-18-11-31-56-52(42)63)60-55(59-51)64-49-24-10-4-16-40(49)43-19-12-32-57-53(43)64/h1-33H. The van der Waals surface area contributed by atoms with Gasteiger partial charge >= 0.3 is 0 Å². The molecule has 9 heteroatoms. The lowest BCUT2D eigenvalue weighted by Gasteiger charge is -2.13. The van der Waals surface area contributed by atoms with Crippen LogP contribution in [0.25, 0.3) is 122 Å². The molecular formula is C55H33N9. The van der Waals surface area contributed by atoms with Crippen LogP contribution in [0.5, 0.6) is 0 Å².